The standard InChI is InChI=1S/C25H37N5O/c1-3-16-29(17-4-2)18-8-15-26-25(31)22-13-19-30(20-14-22)24-12-11-23(27-28-24)21-9-6-5-7-10-21/h5-7,9-12,22H,3-4,8,13-20H2,1-2H3,(H,26,31). The lowest BCUT2D eigenvalue weighted by Crippen LogP contribution is -2.41. The molecule has 2 aromatic rings. The fourth-order valence-electron chi connectivity index (χ4n) is 4.25. The number of nitrogens with one attached hydrogen (secondary N) is 1. The molecule has 1 fully saturated rings. The molecule has 31 heavy (non-hydrogen) atoms. The van der Waals surface area contributed by atoms with Crippen LogP contribution >= 0.6 is 0 Å². The lowest BCUT2D eigenvalue weighted by atomic mass is 9.96. The van der Waals surface area contributed by atoms with E-state index in [0.717, 1.165) is 75.6 Å². The molecule has 0 spiro atoms. The first kappa shape index (κ1) is 23.2. The first-order valence-corrected chi connectivity index (χ1v) is 11.9. The number of anilines is 1. The largest absolute Gasteiger partial charge is 0.356 e. The summed E-state index contributed by atoms with van der Waals surface area (Å²) in [6.07, 6.45) is 5.13. The maximum Gasteiger partial charge on any atom is 0.223 e. The summed E-state index contributed by atoms with van der Waals surface area (Å²) in [4.78, 5) is 17.3. The Kier molecular flexibility index (Phi) is 9.28. The zero-order chi connectivity index (χ0) is 21.9. The van der Waals surface area contributed by atoms with E-state index in [9.17, 15) is 4.79 Å². The number of benzene rings is 1. The second-order valence-electron chi connectivity index (χ2n) is 8.39. The Morgan fingerprint density at radius 2 is 1.71 bits per heavy atom. The number of carbonyl (C=O) groups excluding carboxylic acids is 1. The van der Waals surface area contributed by atoms with Crippen LogP contribution in [0.15, 0.2) is 42.5 Å². The number of hydrogen-bond acceptors (Lipinski definition) is 5. The summed E-state index contributed by atoms with van der Waals surface area (Å²) in [5.74, 6) is 1.21. The minimum atomic E-state index is 0.107. The molecule has 3 rings (SSSR count). The molecule has 1 saturated heterocycles. The van der Waals surface area contributed by atoms with Crippen LogP contribution in [0, 0.1) is 5.92 Å². The van der Waals surface area contributed by atoms with Crippen molar-refractivity contribution in [2.45, 2.75) is 46.0 Å². The number of aromatic nitrogens is 2. The Hall–Kier alpha value is -2.47. The molecule has 0 bridgehead atoms. The summed E-state index contributed by atoms with van der Waals surface area (Å²) in [6, 6.07) is 14.2. The minimum Gasteiger partial charge on any atom is -0.356 e. The number of carbonyl (C=O) groups is 1. The molecule has 6 nitrogen and oxygen atoms in total. The molecule has 0 aliphatic carbocycles. The predicted molar refractivity (Wildman–Crippen MR) is 127 cm³/mol. The molecular formula is C25H37N5O. The maximum absolute atomic E-state index is 12.6. The van der Waals surface area contributed by atoms with Crippen molar-refractivity contribution in [3.8, 4) is 11.3 Å². The second-order valence-corrected chi connectivity index (χ2v) is 8.39. The Balaban J connectivity index is 1.39. The van der Waals surface area contributed by atoms with Crippen LogP contribution in [0.4, 0.5) is 5.82 Å². The summed E-state index contributed by atoms with van der Waals surface area (Å²) in [6.45, 7) is 10.3. The van der Waals surface area contributed by atoms with Crippen LogP contribution < -0.4 is 10.2 Å². The van der Waals surface area contributed by atoms with E-state index in [-0.39, 0.29) is 11.8 Å². The lowest BCUT2D eigenvalue weighted by molar-refractivity contribution is -0.125. The summed E-state index contributed by atoms with van der Waals surface area (Å²) in [5, 5.41) is 12.0. The monoisotopic (exact) mass is 423 g/mol. The van der Waals surface area contributed by atoms with Crippen molar-refractivity contribution in [1.29, 1.82) is 0 Å². The van der Waals surface area contributed by atoms with E-state index in [2.05, 4.69) is 39.2 Å². The summed E-state index contributed by atoms with van der Waals surface area (Å²) in [5.41, 5.74) is 1.96. The highest BCUT2D eigenvalue weighted by atomic mass is 16.1. The van der Waals surface area contributed by atoms with Crippen LogP contribution in [0.1, 0.15) is 46.0 Å². The molecule has 6 heteroatoms. The average molecular weight is 424 g/mol. The summed E-state index contributed by atoms with van der Waals surface area (Å²) >= 11 is 0. The van der Waals surface area contributed by atoms with Crippen molar-refractivity contribution in [3.05, 3.63) is 42.5 Å². The molecule has 0 saturated carbocycles. The molecule has 1 N–H and O–H groups in total. The van der Waals surface area contributed by atoms with Crippen LogP contribution in [-0.2, 0) is 4.79 Å². The Labute approximate surface area is 187 Å². The predicted octanol–water partition coefficient (Wildman–Crippen LogP) is 3.99. The Morgan fingerprint density at radius 3 is 2.32 bits per heavy atom. The molecule has 1 aliphatic rings. The second kappa shape index (κ2) is 12.4. The Morgan fingerprint density at radius 1 is 1.00 bits per heavy atom. The third kappa shape index (κ3) is 7.03. The van der Waals surface area contributed by atoms with Crippen LogP contribution in [0.5, 0.6) is 0 Å². The quantitative estimate of drug-likeness (QED) is 0.554. The summed E-state index contributed by atoms with van der Waals surface area (Å²) in [7, 11) is 0. The van der Waals surface area contributed by atoms with E-state index in [1.54, 1.807) is 0 Å². The van der Waals surface area contributed by atoms with Gasteiger partial charge in [0.2, 0.25) is 5.91 Å². The highest BCUT2D eigenvalue weighted by molar-refractivity contribution is 5.78. The van der Waals surface area contributed by atoms with Crippen LogP contribution in [-0.4, -0.2) is 60.3 Å². The lowest BCUT2D eigenvalue weighted by Gasteiger charge is -2.32. The molecule has 1 aromatic carbocycles. The highest BCUT2D eigenvalue weighted by Crippen LogP contribution is 2.23. The highest BCUT2D eigenvalue weighted by Gasteiger charge is 2.25. The molecule has 1 aliphatic heterocycles. The van der Waals surface area contributed by atoms with Gasteiger partial charge in [-0.15, -0.1) is 10.2 Å². The SMILES string of the molecule is CCCN(CCC)CCCNC(=O)C1CCN(c2ccc(-c3ccccc3)nn2)CC1. The first-order valence-electron chi connectivity index (χ1n) is 11.9. The van der Waals surface area contributed by atoms with Gasteiger partial charge in [0.05, 0.1) is 5.69 Å². The smallest absolute Gasteiger partial charge is 0.223 e. The number of piperidine rings is 1. The molecule has 0 unspecified atom stereocenters. The minimum absolute atomic E-state index is 0.107. The van der Waals surface area contributed by atoms with Gasteiger partial charge in [-0.2, -0.15) is 0 Å². The van der Waals surface area contributed by atoms with E-state index in [1.165, 1.54) is 12.8 Å². The molecule has 168 valence electrons. The third-order valence-corrected chi connectivity index (χ3v) is 5.94. The van der Waals surface area contributed by atoms with Gasteiger partial charge < -0.3 is 15.1 Å². The molecule has 0 radical (unpaired) electrons. The van der Waals surface area contributed by atoms with Crippen molar-refractivity contribution >= 4 is 11.7 Å². The van der Waals surface area contributed by atoms with E-state index in [0.29, 0.717) is 0 Å². The topological polar surface area (TPSA) is 61.4 Å². The van der Waals surface area contributed by atoms with Gasteiger partial charge in [0.1, 0.15) is 0 Å². The number of rotatable bonds is 11. The van der Waals surface area contributed by atoms with Gasteiger partial charge in [-0.25, -0.2) is 0 Å². The van der Waals surface area contributed by atoms with Gasteiger partial charge in [-0.1, -0.05) is 44.2 Å². The normalized spacial score (nSPS) is 14.7. The number of nitrogens with zero attached hydrogens (tertiary/aromatic N) is 4. The van der Waals surface area contributed by atoms with Crippen molar-refractivity contribution in [3.63, 3.8) is 0 Å². The van der Waals surface area contributed by atoms with E-state index in [1.807, 2.05) is 42.5 Å². The fourth-order valence-corrected chi connectivity index (χ4v) is 4.25. The number of amides is 1. The van der Waals surface area contributed by atoms with Crippen LogP contribution in [0.2, 0.25) is 0 Å². The van der Waals surface area contributed by atoms with Crippen molar-refractivity contribution in [2.75, 3.05) is 44.2 Å². The molecule has 1 aromatic heterocycles. The van der Waals surface area contributed by atoms with Crippen LogP contribution in [0.25, 0.3) is 11.3 Å². The Bertz CT molecular complexity index is 766. The maximum atomic E-state index is 12.6. The van der Waals surface area contributed by atoms with Gasteiger partial charge in [0.15, 0.2) is 5.82 Å². The molecular weight excluding hydrogens is 386 g/mol. The van der Waals surface area contributed by atoms with E-state index >= 15 is 0 Å². The van der Waals surface area contributed by atoms with Gasteiger partial charge in [0, 0.05) is 31.1 Å². The first-order chi connectivity index (χ1) is 15.2. The van der Waals surface area contributed by atoms with Crippen molar-refractivity contribution < 1.29 is 4.79 Å². The zero-order valence-corrected chi connectivity index (χ0v) is 19.1. The third-order valence-electron chi connectivity index (χ3n) is 5.94. The van der Waals surface area contributed by atoms with E-state index in [4.69, 9.17) is 0 Å². The number of hydrogen-bond donors (Lipinski definition) is 1. The molecule has 1 amide bonds. The van der Waals surface area contributed by atoms with E-state index < -0.39 is 0 Å². The molecule has 0 atom stereocenters. The van der Waals surface area contributed by atoms with Crippen molar-refractivity contribution in [1.82, 2.24) is 20.4 Å². The van der Waals surface area contributed by atoms with Gasteiger partial charge in [-0.3, -0.25) is 4.79 Å². The van der Waals surface area contributed by atoms with Gasteiger partial charge in [0.25, 0.3) is 0 Å². The zero-order valence-electron chi connectivity index (χ0n) is 19.1. The summed E-state index contributed by atoms with van der Waals surface area (Å²) < 4.78 is 0. The average Bonchev–Trinajstić information content (AvgIpc) is 2.83. The van der Waals surface area contributed by atoms with Gasteiger partial charge in [-0.05, 0) is 63.9 Å². The van der Waals surface area contributed by atoms with Gasteiger partial charge >= 0.3 is 0 Å². The van der Waals surface area contributed by atoms with Crippen molar-refractivity contribution in [2.24, 2.45) is 5.92 Å². The fraction of sp³-hybridized carbons (Fsp3) is 0.560. The molecule has 2 heterocycles. The van der Waals surface area contributed by atoms with Crippen LogP contribution in [0.3, 0.4) is 0 Å².